The molecular weight excluding hydrogens is 260 g/mol. The minimum absolute atomic E-state index is 0.117. The SMILES string of the molecule is COc1nc(Cl)nc(N2CCC3(C2)OCCO3)n1. The van der Waals surface area contributed by atoms with Crippen molar-refractivity contribution in [1.29, 1.82) is 0 Å². The highest BCUT2D eigenvalue weighted by atomic mass is 35.5. The lowest BCUT2D eigenvalue weighted by molar-refractivity contribution is -0.138. The Bertz CT molecular complexity index is 453. The fourth-order valence-corrected chi connectivity index (χ4v) is 2.36. The van der Waals surface area contributed by atoms with Gasteiger partial charge in [-0.1, -0.05) is 0 Å². The largest absolute Gasteiger partial charge is 0.467 e. The molecule has 0 bridgehead atoms. The molecule has 0 aliphatic carbocycles. The third kappa shape index (κ3) is 2.09. The lowest BCUT2D eigenvalue weighted by atomic mass is 10.2. The molecule has 3 heterocycles. The molecule has 2 aliphatic rings. The van der Waals surface area contributed by atoms with Gasteiger partial charge in [-0.15, -0.1) is 0 Å². The van der Waals surface area contributed by atoms with Crippen molar-refractivity contribution in [2.75, 3.05) is 38.3 Å². The van der Waals surface area contributed by atoms with Crippen molar-refractivity contribution in [3.63, 3.8) is 0 Å². The van der Waals surface area contributed by atoms with Crippen LogP contribution in [0.25, 0.3) is 0 Å². The molecule has 0 N–H and O–H groups in total. The van der Waals surface area contributed by atoms with Gasteiger partial charge in [0.15, 0.2) is 5.79 Å². The molecule has 2 saturated heterocycles. The lowest BCUT2D eigenvalue weighted by Gasteiger charge is -2.22. The molecule has 18 heavy (non-hydrogen) atoms. The van der Waals surface area contributed by atoms with Gasteiger partial charge in [0.05, 0.1) is 26.9 Å². The van der Waals surface area contributed by atoms with Gasteiger partial charge in [0, 0.05) is 13.0 Å². The van der Waals surface area contributed by atoms with Gasteiger partial charge in [0.25, 0.3) is 0 Å². The first kappa shape index (κ1) is 11.9. The Hall–Kier alpha value is -1.18. The van der Waals surface area contributed by atoms with Gasteiger partial charge < -0.3 is 19.1 Å². The quantitative estimate of drug-likeness (QED) is 0.776. The zero-order valence-corrected chi connectivity index (χ0v) is 10.7. The van der Waals surface area contributed by atoms with E-state index >= 15 is 0 Å². The Morgan fingerprint density at radius 2 is 2.06 bits per heavy atom. The Kier molecular flexibility index (Phi) is 2.96. The van der Waals surface area contributed by atoms with E-state index in [1.165, 1.54) is 7.11 Å². The summed E-state index contributed by atoms with van der Waals surface area (Å²) in [5.41, 5.74) is 0. The van der Waals surface area contributed by atoms with Gasteiger partial charge in [-0.3, -0.25) is 0 Å². The Balaban J connectivity index is 1.81. The number of ether oxygens (including phenoxy) is 3. The van der Waals surface area contributed by atoms with E-state index < -0.39 is 5.79 Å². The van der Waals surface area contributed by atoms with E-state index in [-0.39, 0.29) is 11.3 Å². The third-order valence-electron chi connectivity index (χ3n) is 3.05. The zero-order valence-electron chi connectivity index (χ0n) is 9.93. The van der Waals surface area contributed by atoms with Gasteiger partial charge in [-0.25, -0.2) is 0 Å². The molecule has 0 radical (unpaired) electrons. The third-order valence-corrected chi connectivity index (χ3v) is 3.22. The van der Waals surface area contributed by atoms with Crippen LogP contribution >= 0.6 is 11.6 Å². The standard InChI is InChI=1S/C10H13ClN4O3/c1-16-9-13-7(11)12-8(14-9)15-3-2-10(6-15)17-4-5-18-10/h2-6H2,1H3. The highest BCUT2D eigenvalue weighted by Gasteiger charge is 2.44. The first-order valence-electron chi connectivity index (χ1n) is 5.69. The number of nitrogens with zero attached hydrogens (tertiary/aromatic N) is 4. The molecule has 1 aromatic rings. The summed E-state index contributed by atoms with van der Waals surface area (Å²) >= 11 is 5.83. The number of rotatable bonds is 2. The average molecular weight is 273 g/mol. The summed E-state index contributed by atoms with van der Waals surface area (Å²) in [5.74, 6) is -0.0189. The maximum Gasteiger partial charge on any atom is 0.322 e. The van der Waals surface area contributed by atoms with Crippen molar-refractivity contribution in [1.82, 2.24) is 15.0 Å². The molecule has 7 nitrogen and oxygen atoms in total. The molecule has 0 amide bonds. The van der Waals surface area contributed by atoms with Crippen LogP contribution in [0.15, 0.2) is 0 Å². The number of hydrogen-bond acceptors (Lipinski definition) is 7. The molecular formula is C10H13ClN4O3. The van der Waals surface area contributed by atoms with E-state index in [1.54, 1.807) is 0 Å². The number of hydrogen-bond donors (Lipinski definition) is 0. The Labute approximate surface area is 109 Å². The van der Waals surface area contributed by atoms with E-state index in [0.717, 1.165) is 13.0 Å². The minimum atomic E-state index is -0.508. The monoisotopic (exact) mass is 272 g/mol. The second-order valence-electron chi connectivity index (χ2n) is 4.17. The summed E-state index contributed by atoms with van der Waals surface area (Å²) in [6, 6.07) is 0.208. The smallest absolute Gasteiger partial charge is 0.322 e. The van der Waals surface area contributed by atoms with E-state index in [0.29, 0.717) is 25.7 Å². The molecule has 3 rings (SSSR count). The van der Waals surface area contributed by atoms with Crippen molar-refractivity contribution in [2.24, 2.45) is 0 Å². The number of aromatic nitrogens is 3. The van der Waals surface area contributed by atoms with Gasteiger partial charge in [0.1, 0.15) is 0 Å². The van der Waals surface area contributed by atoms with Crippen LogP contribution in [0.4, 0.5) is 5.95 Å². The normalized spacial score (nSPS) is 21.8. The minimum Gasteiger partial charge on any atom is -0.467 e. The molecule has 0 saturated carbocycles. The predicted octanol–water partition coefficient (Wildman–Crippen LogP) is 0.487. The summed E-state index contributed by atoms with van der Waals surface area (Å²) in [5, 5.41) is 0.117. The second-order valence-corrected chi connectivity index (χ2v) is 4.51. The molecule has 0 atom stereocenters. The van der Waals surface area contributed by atoms with Crippen LogP contribution in [0.2, 0.25) is 5.28 Å². The first-order chi connectivity index (χ1) is 8.71. The van der Waals surface area contributed by atoms with Crippen molar-refractivity contribution in [3.8, 4) is 6.01 Å². The van der Waals surface area contributed by atoms with Gasteiger partial charge >= 0.3 is 6.01 Å². The summed E-state index contributed by atoms with van der Waals surface area (Å²) in [6.07, 6.45) is 0.790. The average Bonchev–Trinajstić information content (AvgIpc) is 3.00. The summed E-state index contributed by atoms with van der Waals surface area (Å²) in [4.78, 5) is 14.1. The van der Waals surface area contributed by atoms with Crippen molar-refractivity contribution >= 4 is 17.5 Å². The van der Waals surface area contributed by atoms with Crippen LogP contribution in [0.3, 0.4) is 0 Å². The maximum absolute atomic E-state index is 5.83. The van der Waals surface area contributed by atoms with Crippen LogP contribution in [0.5, 0.6) is 6.01 Å². The van der Waals surface area contributed by atoms with Crippen LogP contribution in [-0.2, 0) is 9.47 Å². The molecule has 0 aromatic carbocycles. The van der Waals surface area contributed by atoms with Crippen LogP contribution in [-0.4, -0.2) is 54.2 Å². The van der Waals surface area contributed by atoms with Crippen molar-refractivity contribution in [2.45, 2.75) is 12.2 Å². The molecule has 8 heteroatoms. The summed E-state index contributed by atoms with van der Waals surface area (Å²) < 4.78 is 16.3. The number of halogens is 1. The molecule has 2 aliphatic heterocycles. The fraction of sp³-hybridized carbons (Fsp3) is 0.700. The van der Waals surface area contributed by atoms with E-state index in [1.807, 2.05) is 4.90 Å². The highest BCUT2D eigenvalue weighted by molar-refractivity contribution is 6.28. The van der Waals surface area contributed by atoms with Gasteiger partial charge in [-0.2, -0.15) is 15.0 Å². The molecule has 1 spiro atoms. The highest BCUT2D eigenvalue weighted by Crippen LogP contribution is 2.32. The number of anilines is 1. The second kappa shape index (κ2) is 4.49. The Morgan fingerprint density at radius 3 is 2.78 bits per heavy atom. The van der Waals surface area contributed by atoms with Crippen LogP contribution < -0.4 is 9.64 Å². The van der Waals surface area contributed by atoms with E-state index in [2.05, 4.69) is 15.0 Å². The Morgan fingerprint density at radius 1 is 1.28 bits per heavy atom. The zero-order chi connectivity index (χ0) is 12.6. The first-order valence-corrected chi connectivity index (χ1v) is 6.07. The summed E-state index contributed by atoms with van der Waals surface area (Å²) in [6.45, 7) is 2.62. The topological polar surface area (TPSA) is 69.6 Å². The molecule has 2 fully saturated rings. The van der Waals surface area contributed by atoms with Crippen LogP contribution in [0.1, 0.15) is 6.42 Å². The fourth-order valence-electron chi connectivity index (χ4n) is 2.21. The summed E-state index contributed by atoms with van der Waals surface area (Å²) in [7, 11) is 1.49. The number of methoxy groups -OCH3 is 1. The molecule has 1 aromatic heterocycles. The maximum atomic E-state index is 5.83. The van der Waals surface area contributed by atoms with Crippen LogP contribution in [0, 0.1) is 0 Å². The van der Waals surface area contributed by atoms with Gasteiger partial charge in [-0.05, 0) is 11.6 Å². The van der Waals surface area contributed by atoms with E-state index in [4.69, 9.17) is 25.8 Å². The lowest BCUT2D eigenvalue weighted by Crippen LogP contribution is -2.34. The van der Waals surface area contributed by atoms with E-state index in [9.17, 15) is 0 Å². The van der Waals surface area contributed by atoms with Gasteiger partial charge in [0.2, 0.25) is 11.2 Å². The molecule has 98 valence electrons. The molecule has 0 unspecified atom stereocenters. The van der Waals surface area contributed by atoms with Crippen molar-refractivity contribution in [3.05, 3.63) is 5.28 Å². The predicted molar refractivity (Wildman–Crippen MR) is 62.9 cm³/mol. The van der Waals surface area contributed by atoms with Crippen molar-refractivity contribution < 1.29 is 14.2 Å².